The second-order valence-corrected chi connectivity index (χ2v) is 2.81. The maximum Gasteiger partial charge on any atom is 0.160 e. The molecule has 11 heavy (non-hydrogen) atoms. The van der Waals surface area contributed by atoms with Crippen LogP contribution in [-0.2, 0) is 4.79 Å². The van der Waals surface area contributed by atoms with Crippen LogP contribution in [0.3, 0.4) is 0 Å². The minimum Gasteiger partial charge on any atom is -0.356 e. The normalized spacial score (nSPS) is 10.7. The average Bonchev–Trinajstić information content (AvgIpc) is 2.31. The first-order chi connectivity index (χ1) is 5.18. The molecule has 1 aromatic heterocycles. The minimum absolute atomic E-state index is 0.0162. The molecule has 1 aromatic rings. The van der Waals surface area contributed by atoms with Gasteiger partial charge in [-0.25, -0.2) is 0 Å². The van der Waals surface area contributed by atoms with E-state index in [2.05, 4.69) is 21.1 Å². The van der Waals surface area contributed by atoms with E-state index in [1.165, 1.54) is 13.0 Å². The number of carbonyl (C=O) groups is 1. The highest BCUT2D eigenvalue weighted by Crippen LogP contribution is 2.10. The average molecular weight is 216 g/mol. The molecule has 4 heteroatoms. The number of nitrogens with zero attached hydrogens (tertiary/aromatic N) is 1. The second kappa shape index (κ2) is 3.48. The van der Waals surface area contributed by atoms with E-state index in [0.717, 1.165) is 0 Å². The fourth-order valence-corrected chi connectivity index (χ4v) is 0.842. The number of ketones is 1. The van der Waals surface area contributed by atoms with Gasteiger partial charge >= 0.3 is 0 Å². The van der Waals surface area contributed by atoms with Crippen LogP contribution in [0.4, 0.5) is 0 Å². The second-order valence-electron chi connectivity index (χ2n) is 2.00. The van der Waals surface area contributed by atoms with Crippen molar-refractivity contribution in [2.24, 2.45) is 0 Å². The van der Waals surface area contributed by atoms with E-state index in [4.69, 9.17) is 4.52 Å². The van der Waals surface area contributed by atoms with Crippen LogP contribution in [0.2, 0.25) is 0 Å². The molecule has 1 rings (SSSR count). The van der Waals surface area contributed by atoms with Gasteiger partial charge < -0.3 is 4.52 Å². The van der Waals surface area contributed by atoms with E-state index in [1.807, 2.05) is 0 Å². The Morgan fingerprint density at radius 2 is 2.55 bits per heavy atom. The van der Waals surface area contributed by atoms with Crippen molar-refractivity contribution in [3.05, 3.63) is 22.5 Å². The molecule has 0 saturated heterocycles. The highest BCUT2D eigenvalue weighted by molar-refractivity contribution is 9.10. The molecule has 0 aliphatic carbocycles. The molecule has 0 saturated carbocycles. The van der Waals surface area contributed by atoms with Crippen molar-refractivity contribution >= 4 is 27.8 Å². The van der Waals surface area contributed by atoms with Gasteiger partial charge in [-0.3, -0.25) is 4.79 Å². The van der Waals surface area contributed by atoms with E-state index < -0.39 is 0 Å². The van der Waals surface area contributed by atoms with Gasteiger partial charge in [0, 0.05) is 6.07 Å². The summed E-state index contributed by atoms with van der Waals surface area (Å²) < 4.78 is 5.40. The summed E-state index contributed by atoms with van der Waals surface area (Å²) in [6.45, 7) is 1.47. The molecule has 0 bridgehead atoms. The van der Waals surface area contributed by atoms with Gasteiger partial charge in [0.25, 0.3) is 0 Å². The SMILES string of the molecule is CC(=O)C=Cc1cc(Br)no1. The lowest BCUT2D eigenvalue weighted by Gasteiger charge is -1.77. The monoisotopic (exact) mass is 215 g/mol. The maximum absolute atomic E-state index is 10.5. The lowest BCUT2D eigenvalue weighted by molar-refractivity contribution is -0.112. The zero-order chi connectivity index (χ0) is 8.27. The van der Waals surface area contributed by atoms with Crippen molar-refractivity contribution in [2.75, 3.05) is 0 Å². The highest BCUT2D eigenvalue weighted by atomic mass is 79.9. The summed E-state index contributed by atoms with van der Waals surface area (Å²) in [5.41, 5.74) is 0. The number of halogens is 1. The number of rotatable bonds is 2. The van der Waals surface area contributed by atoms with Crippen molar-refractivity contribution in [2.45, 2.75) is 6.92 Å². The zero-order valence-corrected chi connectivity index (χ0v) is 7.46. The van der Waals surface area contributed by atoms with E-state index in [9.17, 15) is 4.79 Å². The molecule has 0 fully saturated rings. The van der Waals surface area contributed by atoms with Crippen LogP contribution in [0.1, 0.15) is 12.7 Å². The van der Waals surface area contributed by atoms with Gasteiger partial charge in [-0.05, 0) is 35.0 Å². The zero-order valence-electron chi connectivity index (χ0n) is 5.87. The summed E-state index contributed by atoms with van der Waals surface area (Å²) in [7, 11) is 0. The minimum atomic E-state index is -0.0162. The lowest BCUT2D eigenvalue weighted by atomic mass is 10.3. The Labute approximate surface area is 72.2 Å². The van der Waals surface area contributed by atoms with Crippen LogP contribution in [0.15, 0.2) is 21.3 Å². The fraction of sp³-hybridized carbons (Fsp3) is 0.143. The first-order valence-electron chi connectivity index (χ1n) is 2.99. The van der Waals surface area contributed by atoms with E-state index in [-0.39, 0.29) is 5.78 Å². The first kappa shape index (κ1) is 8.20. The van der Waals surface area contributed by atoms with Crippen molar-refractivity contribution in [3.63, 3.8) is 0 Å². The summed E-state index contributed by atoms with van der Waals surface area (Å²) in [6.07, 6.45) is 2.99. The number of hydrogen-bond acceptors (Lipinski definition) is 3. The Morgan fingerprint density at radius 3 is 3.00 bits per heavy atom. The van der Waals surface area contributed by atoms with Gasteiger partial charge in [0.15, 0.2) is 11.5 Å². The summed E-state index contributed by atoms with van der Waals surface area (Å²) in [4.78, 5) is 10.5. The number of carbonyl (C=O) groups excluding carboxylic acids is 1. The standard InChI is InChI=1S/C7H6BrNO2/c1-5(10)2-3-6-4-7(8)9-11-6/h2-4H,1H3. The summed E-state index contributed by atoms with van der Waals surface area (Å²) >= 11 is 3.12. The number of aromatic nitrogens is 1. The van der Waals surface area contributed by atoms with Crippen molar-refractivity contribution in [1.29, 1.82) is 0 Å². The van der Waals surface area contributed by atoms with Gasteiger partial charge in [0.2, 0.25) is 0 Å². The molecule has 0 aliphatic rings. The van der Waals surface area contributed by atoms with E-state index >= 15 is 0 Å². The quantitative estimate of drug-likeness (QED) is 0.710. The molecule has 1 heterocycles. The van der Waals surface area contributed by atoms with Crippen LogP contribution in [0.5, 0.6) is 0 Å². The van der Waals surface area contributed by atoms with Gasteiger partial charge in [-0.1, -0.05) is 5.16 Å². The summed E-state index contributed by atoms with van der Waals surface area (Å²) in [6, 6.07) is 1.68. The van der Waals surface area contributed by atoms with Gasteiger partial charge in [0.05, 0.1) is 0 Å². The fourth-order valence-electron chi connectivity index (χ4n) is 0.544. The van der Waals surface area contributed by atoms with Gasteiger partial charge in [-0.15, -0.1) is 0 Å². The number of hydrogen-bond donors (Lipinski definition) is 0. The molecule has 0 N–H and O–H groups in total. The van der Waals surface area contributed by atoms with E-state index in [0.29, 0.717) is 10.4 Å². The maximum atomic E-state index is 10.5. The molecule has 0 spiro atoms. The van der Waals surface area contributed by atoms with Crippen molar-refractivity contribution in [1.82, 2.24) is 5.16 Å². The predicted octanol–water partition coefficient (Wildman–Crippen LogP) is 2.04. The molecular weight excluding hydrogens is 210 g/mol. The third kappa shape index (κ3) is 2.67. The van der Waals surface area contributed by atoms with Crippen LogP contribution < -0.4 is 0 Å². The Morgan fingerprint density at radius 1 is 1.82 bits per heavy atom. The summed E-state index contributed by atoms with van der Waals surface area (Å²) in [5.74, 6) is 0.546. The predicted molar refractivity (Wildman–Crippen MR) is 43.9 cm³/mol. The molecule has 3 nitrogen and oxygen atoms in total. The largest absolute Gasteiger partial charge is 0.356 e. The third-order valence-corrected chi connectivity index (χ3v) is 1.36. The van der Waals surface area contributed by atoms with Crippen LogP contribution >= 0.6 is 15.9 Å². The Bertz CT molecular complexity index is 290. The van der Waals surface area contributed by atoms with Crippen LogP contribution in [0.25, 0.3) is 6.08 Å². The lowest BCUT2D eigenvalue weighted by Crippen LogP contribution is -1.78. The van der Waals surface area contributed by atoms with Gasteiger partial charge in [-0.2, -0.15) is 0 Å². The topological polar surface area (TPSA) is 43.1 Å². The number of allylic oxidation sites excluding steroid dienone is 1. The molecule has 0 aliphatic heterocycles. The molecule has 0 radical (unpaired) electrons. The molecule has 58 valence electrons. The molecule has 0 atom stereocenters. The molecule has 0 amide bonds. The van der Waals surface area contributed by atoms with Crippen molar-refractivity contribution in [3.8, 4) is 0 Å². The first-order valence-corrected chi connectivity index (χ1v) is 3.78. The smallest absolute Gasteiger partial charge is 0.160 e. The Balaban J connectivity index is 2.71. The van der Waals surface area contributed by atoms with Crippen LogP contribution in [-0.4, -0.2) is 10.9 Å². The molecule has 0 unspecified atom stereocenters. The Hall–Kier alpha value is -0.900. The highest BCUT2D eigenvalue weighted by Gasteiger charge is 1.95. The van der Waals surface area contributed by atoms with Crippen LogP contribution in [0, 0.1) is 0 Å². The molecule has 0 aromatic carbocycles. The van der Waals surface area contributed by atoms with Crippen molar-refractivity contribution < 1.29 is 9.32 Å². The summed E-state index contributed by atoms with van der Waals surface area (Å²) in [5, 5.41) is 3.57. The molecular formula is C7H6BrNO2. The van der Waals surface area contributed by atoms with E-state index in [1.54, 1.807) is 12.1 Å². The third-order valence-electron chi connectivity index (χ3n) is 0.982. The Kier molecular flexibility index (Phi) is 2.59. The van der Waals surface area contributed by atoms with Gasteiger partial charge in [0.1, 0.15) is 4.60 Å².